The molecule has 0 aliphatic heterocycles. The van der Waals surface area contributed by atoms with Gasteiger partial charge < -0.3 is 4.74 Å². The Kier molecular flexibility index (Phi) is 3.74. The molecule has 104 valence electrons. The Labute approximate surface area is 111 Å². The number of rotatable bonds is 3. The number of ether oxygens (including phenoxy) is 1. The predicted molar refractivity (Wildman–Crippen MR) is 63.9 cm³/mol. The molecule has 0 aromatic heterocycles. The predicted octanol–water partition coefficient (Wildman–Crippen LogP) is 4.20. The van der Waals surface area contributed by atoms with Gasteiger partial charge in [-0.1, -0.05) is 18.2 Å². The van der Waals surface area contributed by atoms with Crippen LogP contribution in [-0.2, 0) is 0 Å². The van der Waals surface area contributed by atoms with E-state index in [1.165, 1.54) is 24.3 Å². The molecule has 0 aliphatic carbocycles. The van der Waals surface area contributed by atoms with Crippen LogP contribution in [-0.4, -0.2) is 12.6 Å². The van der Waals surface area contributed by atoms with Crippen LogP contribution in [0.15, 0.2) is 42.5 Å². The highest BCUT2D eigenvalue weighted by Gasteiger charge is 2.31. The smallest absolute Gasteiger partial charge is 0.406 e. The van der Waals surface area contributed by atoms with Crippen LogP contribution in [0, 0.1) is 5.82 Å². The van der Waals surface area contributed by atoms with Gasteiger partial charge in [0.25, 0.3) is 0 Å². The van der Waals surface area contributed by atoms with Crippen molar-refractivity contribution >= 4 is 6.29 Å². The van der Waals surface area contributed by atoms with Gasteiger partial charge in [-0.05, 0) is 35.4 Å². The van der Waals surface area contributed by atoms with E-state index in [4.69, 9.17) is 0 Å². The fourth-order valence-corrected chi connectivity index (χ4v) is 1.68. The molecular weight excluding hydrogens is 276 g/mol. The van der Waals surface area contributed by atoms with Gasteiger partial charge in [-0.25, -0.2) is 4.39 Å². The molecule has 20 heavy (non-hydrogen) atoms. The summed E-state index contributed by atoms with van der Waals surface area (Å²) in [6.45, 7) is 0. The van der Waals surface area contributed by atoms with Crippen LogP contribution in [0.1, 0.15) is 10.4 Å². The number of hydrogen-bond acceptors (Lipinski definition) is 2. The number of alkyl halides is 3. The summed E-state index contributed by atoms with van der Waals surface area (Å²) in [7, 11) is 0. The minimum absolute atomic E-state index is 0.114. The molecule has 2 aromatic rings. The second-order valence-corrected chi connectivity index (χ2v) is 3.93. The van der Waals surface area contributed by atoms with E-state index in [9.17, 15) is 22.4 Å². The van der Waals surface area contributed by atoms with Gasteiger partial charge in [-0.15, -0.1) is 13.2 Å². The molecule has 2 rings (SSSR count). The van der Waals surface area contributed by atoms with Crippen LogP contribution in [0.25, 0.3) is 11.1 Å². The molecule has 0 saturated carbocycles. The van der Waals surface area contributed by atoms with Gasteiger partial charge in [0, 0.05) is 0 Å². The van der Waals surface area contributed by atoms with Crippen LogP contribution < -0.4 is 4.74 Å². The zero-order valence-corrected chi connectivity index (χ0v) is 9.95. The van der Waals surface area contributed by atoms with E-state index in [2.05, 4.69) is 4.74 Å². The molecule has 0 bridgehead atoms. The van der Waals surface area contributed by atoms with Crippen LogP contribution in [0.5, 0.6) is 5.75 Å². The minimum atomic E-state index is -4.79. The van der Waals surface area contributed by atoms with Crippen molar-refractivity contribution < 1.29 is 27.1 Å². The SMILES string of the molecule is O=Cc1ccc(-c2cccc(OC(F)(F)F)c2)cc1F. The van der Waals surface area contributed by atoms with Crippen molar-refractivity contribution in [2.75, 3.05) is 0 Å². The first-order valence-electron chi connectivity index (χ1n) is 5.50. The van der Waals surface area contributed by atoms with Crippen molar-refractivity contribution in [2.24, 2.45) is 0 Å². The second-order valence-electron chi connectivity index (χ2n) is 3.93. The van der Waals surface area contributed by atoms with Crippen LogP contribution in [0.2, 0.25) is 0 Å². The third-order valence-corrected chi connectivity index (χ3v) is 2.53. The molecule has 2 nitrogen and oxygen atoms in total. The topological polar surface area (TPSA) is 26.3 Å². The van der Waals surface area contributed by atoms with Crippen LogP contribution in [0.4, 0.5) is 17.6 Å². The molecule has 0 spiro atoms. The molecule has 0 atom stereocenters. The first-order chi connectivity index (χ1) is 9.39. The number of benzene rings is 2. The summed E-state index contributed by atoms with van der Waals surface area (Å²) in [5.41, 5.74) is 0.584. The van der Waals surface area contributed by atoms with E-state index >= 15 is 0 Å². The molecule has 0 unspecified atom stereocenters. The van der Waals surface area contributed by atoms with Gasteiger partial charge in [0.1, 0.15) is 11.6 Å². The zero-order chi connectivity index (χ0) is 14.8. The van der Waals surface area contributed by atoms with E-state index in [-0.39, 0.29) is 5.56 Å². The monoisotopic (exact) mass is 284 g/mol. The Balaban J connectivity index is 2.36. The van der Waals surface area contributed by atoms with Crippen molar-refractivity contribution in [1.29, 1.82) is 0 Å². The zero-order valence-electron chi connectivity index (χ0n) is 9.95. The summed E-state index contributed by atoms with van der Waals surface area (Å²) in [6.07, 6.45) is -4.42. The maximum Gasteiger partial charge on any atom is 0.573 e. The summed E-state index contributed by atoms with van der Waals surface area (Å²) in [4.78, 5) is 10.5. The molecule has 0 saturated heterocycles. The van der Waals surface area contributed by atoms with Gasteiger partial charge >= 0.3 is 6.36 Å². The number of halogens is 4. The third kappa shape index (κ3) is 3.34. The average molecular weight is 284 g/mol. The molecule has 0 radical (unpaired) electrons. The average Bonchev–Trinajstić information content (AvgIpc) is 2.37. The van der Waals surface area contributed by atoms with Crippen molar-refractivity contribution in [3.63, 3.8) is 0 Å². The summed E-state index contributed by atoms with van der Waals surface area (Å²) >= 11 is 0. The second kappa shape index (κ2) is 5.32. The van der Waals surface area contributed by atoms with Gasteiger partial charge in [-0.2, -0.15) is 0 Å². The quantitative estimate of drug-likeness (QED) is 0.623. The molecule has 2 aromatic carbocycles. The fourth-order valence-electron chi connectivity index (χ4n) is 1.68. The number of carbonyl (C=O) groups is 1. The summed E-state index contributed by atoms with van der Waals surface area (Å²) in [5, 5.41) is 0. The highest BCUT2D eigenvalue weighted by Crippen LogP contribution is 2.28. The van der Waals surface area contributed by atoms with Crippen LogP contribution >= 0.6 is 0 Å². The Hall–Kier alpha value is -2.37. The highest BCUT2D eigenvalue weighted by atomic mass is 19.4. The lowest BCUT2D eigenvalue weighted by Crippen LogP contribution is -2.17. The summed E-state index contributed by atoms with van der Waals surface area (Å²) in [6, 6.07) is 8.95. The minimum Gasteiger partial charge on any atom is -0.406 e. The number of hydrogen-bond donors (Lipinski definition) is 0. The lowest BCUT2D eigenvalue weighted by Gasteiger charge is -2.10. The number of carbonyl (C=O) groups excluding carboxylic acids is 1. The van der Waals surface area contributed by atoms with E-state index in [1.54, 1.807) is 0 Å². The molecule has 0 aliphatic rings. The maximum absolute atomic E-state index is 13.5. The summed E-state index contributed by atoms with van der Waals surface area (Å²) in [5.74, 6) is -1.13. The summed E-state index contributed by atoms with van der Waals surface area (Å²) < 4.78 is 53.6. The van der Waals surface area contributed by atoms with E-state index < -0.39 is 17.9 Å². The van der Waals surface area contributed by atoms with Gasteiger partial charge in [0.05, 0.1) is 5.56 Å². The Bertz CT molecular complexity index is 635. The Morgan fingerprint density at radius 1 is 1.00 bits per heavy atom. The standard InChI is InChI=1S/C14H8F4O2/c15-13-7-10(4-5-11(13)8-19)9-2-1-3-12(6-9)20-14(16,17)18/h1-8H. The lowest BCUT2D eigenvalue weighted by molar-refractivity contribution is -0.274. The molecule has 0 fully saturated rings. The lowest BCUT2D eigenvalue weighted by atomic mass is 10.0. The van der Waals surface area contributed by atoms with Gasteiger partial charge in [0.15, 0.2) is 6.29 Å². The molecule has 0 heterocycles. The Morgan fingerprint density at radius 3 is 2.30 bits per heavy atom. The molecule has 0 N–H and O–H groups in total. The highest BCUT2D eigenvalue weighted by molar-refractivity contribution is 5.77. The van der Waals surface area contributed by atoms with Crippen molar-refractivity contribution in [1.82, 2.24) is 0 Å². The fraction of sp³-hybridized carbons (Fsp3) is 0.0714. The van der Waals surface area contributed by atoms with E-state index in [0.29, 0.717) is 17.4 Å². The number of aldehydes is 1. The largest absolute Gasteiger partial charge is 0.573 e. The normalized spacial score (nSPS) is 11.2. The molecule has 0 amide bonds. The van der Waals surface area contributed by atoms with Crippen molar-refractivity contribution in [2.45, 2.75) is 6.36 Å². The van der Waals surface area contributed by atoms with Crippen molar-refractivity contribution in [3.05, 3.63) is 53.8 Å². The molecular formula is C14H8F4O2. The van der Waals surface area contributed by atoms with E-state index in [0.717, 1.165) is 18.2 Å². The third-order valence-electron chi connectivity index (χ3n) is 2.53. The molecule has 6 heteroatoms. The van der Waals surface area contributed by atoms with E-state index in [1.807, 2.05) is 0 Å². The van der Waals surface area contributed by atoms with Crippen molar-refractivity contribution in [3.8, 4) is 16.9 Å². The van der Waals surface area contributed by atoms with Gasteiger partial charge in [0.2, 0.25) is 0 Å². The first kappa shape index (κ1) is 14.0. The Morgan fingerprint density at radius 2 is 1.70 bits per heavy atom. The van der Waals surface area contributed by atoms with Gasteiger partial charge in [-0.3, -0.25) is 4.79 Å². The van der Waals surface area contributed by atoms with Crippen LogP contribution in [0.3, 0.4) is 0 Å². The first-order valence-corrected chi connectivity index (χ1v) is 5.50. The maximum atomic E-state index is 13.5.